The summed E-state index contributed by atoms with van der Waals surface area (Å²) in [4.78, 5) is 80.1. The molecule has 0 aromatic rings. The minimum atomic E-state index is -1.88. The van der Waals surface area contributed by atoms with Crippen molar-refractivity contribution in [2.24, 2.45) is 11.5 Å². The van der Waals surface area contributed by atoms with E-state index in [9.17, 15) is 38.7 Å². The molecule has 0 aliphatic heterocycles. The Kier molecular flexibility index (Phi) is 11.9. The predicted molar refractivity (Wildman–Crippen MR) is 101 cm³/mol. The van der Waals surface area contributed by atoms with Crippen LogP contribution in [0.25, 0.3) is 0 Å². The monoisotopic (exact) mass is 463 g/mol. The maximum atomic E-state index is 12.3. The Morgan fingerprint density at radius 3 is 1.66 bits per heavy atom. The molecular weight excluding hydrogens is 438 g/mol. The largest absolute Gasteiger partial charge is 0.481 e. The standard InChI is InChI=1S/C16H25N5O11/c17-6(1-2-11(24)25)13(28)21-9(5-22)15(30)19-7(3-10(18)23)14(29)20-8(16(31)32)4-12(26)27/h6-9,22H,1-5,17H2,(H2,18,23)(H,19,30)(H,20,29)(H,21,28)(H,24,25)(H,26,27)(H,31,32). The number of carboxylic acid groups (broad SMARTS) is 3. The van der Waals surface area contributed by atoms with E-state index in [1.54, 1.807) is 0 Å². The molecule has 0 saturated carbocycles. The zero-order valence-corrected chi connectivity index (χ0v) is 16.6. The number of aliphatic hydroxyl groups is 1. The summed E-state index contributed by atoms with van der Waals surface area (Å²) in [7, 11) is 0. The Labute approximate surface area is 180 Å². The SMILES string of the molecule is NC(=O)CC(NC(=O)C(CO)NC(=O)C(N)CCC(=O)O)C(=O)NC(CC(=O)O)C(=O)O. The second-order valence-electron chi connectivity index (χ2n) is 6.51. The molecule has 0 aromatic carbocycles. The van der Waals surface area contributed by atoms with Crippen molar-refractivity contribution in [1.82, 2.24) is 16.0 Å². The van der Waals surface area contributed by atoms with Gasteiger partial charge in [0, 0.05) is 6.42 Å². The van der Waals surface area contributed by atoms with Crippen molar-refractivity contribution in [3.05, 3.63) is 0 Å². The number of carboxylic acids is 3. The summed E-state index contributed by atoms with van der Waals surface area (Å²) in [6.45, 7) is -0.981. The van der Waals surface area contributed by atoms with Gasteiger partial charge in [0.05, 0.1) is 25.5 Å². The average Bonchev–Trinajstić information content (AvgIpc) is 2.67. The minimum Gasteiger partial charge on any atom is -0.481 e. The van der Waals surface area contributed by atoms with E-state index in [1.807, 2.05) is 16.0 Å². The fraction of sp³-hybridized carbons (Fsp3) is 0.562. The van der Waals surface area contributed by atoms with Gasteiger partial charge in [0.2, 0.25) is 23.6 Å². The fourth-order valence-corrected chi connectivity index (χ4v) is 2.21. The van der Waals surface area contributed by atoms with Gasteiger partial charge < -0.3 is 47.8 Å². The zero-order chi connectivity index (χ0) is 25.0. The van der Waals surface area contributed by atoms with E-state index in [1.165, 1.54) is 0 Å². The van der Waals surface area contributed by atoms with Crippen LogP contribution in [0.3, 0.4) is 0 Å². The number of primary amides is 1. The second kappa shape index (κ2) is 13.5. The van der Waals surface area contributed by atoms with Crippen LogP contribution in [0, 0.1) is 0 Å². The molecule has 0 bridgehead atoms. The zero-order valence-electron chi connectivity index (χ0n) is 16.6. The van der Waals surface area contributed by atoms with E-state index in [0.717, 1.165) is 0 Å². The normalized spacial score (nSPS) is 14.2. The summed E-state index contributed by atoms with van der Waals surface area (Å²) in [5.74, 6) is -8.96. The molecule has 0 radical (unpaired) electrons. The molecule has 180 valence electrons. The van der Waals surface area contributed by atoms with Crippen LogP contribution in [-0.4, -0.2) is 92.7 Å². The number of nitrogens with two attached hydrogens (primary N) is 2. The molecule has 0 saturated heterocycles. The Morgan fingerprint density at radius 1 is 0.719 bits per heavy atom. The van der Waals surface area contributed by atoms with Crippen LogP contribution in [-0.2, 0) is 33.6 Å². The molecule has 0 heterocycles. The summed E-state index contributed by atoms with van der Waals surface area (Å²) >= 11 is 0. The van der Waals surface area contributed by atoms with Crippen molar-refractivity contribution < 1.29 is 54.0 Å². The summed E-state index contributed by atoms with van der Waals surface area (Å²) in [5.41, 5.74) is 10.5. The van der Waals surface area contributed by atoms with Crippen molar-refractivity contribution >= 4 is 41.5 Å². The number of hydrogen-bond acceptors (Lipinski definition) is 9. The van der Waals surface area contributed by atoms with Gasteiger partial charge in [-0.25, -0.2) is 4.79 Å². The van der Waals surface area contributed by atoms with Gasteiger partial charge in [0.1, 0.15) is 18.1 Å². The predicted octanol–water partition coefficient (Wildman–Crippen LogP) is -4.94. The lowest BCUT2D eigenvalue weighted by molar-refractivity contribution is -0.147. The molecule has 4 atom stereocenters. The molecule has 4 amide bonds. The summed E-state index contributed by atoms with van der Waals surface area (Å²) in [6.07, 6.45) is -2.52. The molecule has 0 aliphatic rings. The molecule has 32 heavy (non-hydrogen) atoms. The van der Waals surface area contributed by atoms with E-state index in [0.29, 0.717) is 0 Å². The van der Waals surface area contributed by atoms with Crippen LogP contribution in [0.4, 0.5) is 0 Å². The van der Waals surface area contributed by atoms with Crippen molar-refractivity contribution in [3.63, 3.8) is 0 Å². The van der Waals surface area contributed by atoms with Gasteiger partial charge in [-0.05, 0) is 6.42 Å². The molecule has 0 rings (SSSR count). The molecule has 0 fully saturated rings. The molecule has 0 aliphatic carbocycles. The molecular formula is C16H25N5O11. The summed E-state index contributed by atoms with van der Waals surface area (Å²) in [5, 5.41) is 41.5. The maximum absolute atomic E-state index is 12.3. The van der Waals surface area contributed by atoms with Gasteiger partial charge >= 0.3 is 17.9 Å². The first-order chi connectivity index (χ1) is 14.8. The highest BCUT2D eigenvalue weighted by atomic mass is 16.4. The Morgan fingerprint density at radius 2 is 1.22 bits per heavy atom. The van der Waals surface area contributed by atoms with Crippen LogP contribution in [0.1, 0.15) is 25.7 Å². The average molecular weight is 463 g/mol. The molecule has 16 nitrogen and oxygen atoms in total. The first kappa shape index (κ1) is 28.2. The number of aliphatic carboxylic acids is 3. The van der Waals surface area contributed by atoms with Crippen LogP contribution < -0.4 is 27.4 Å². The third-order valence-corrected chi connectivity index (χ3v) is 3.85. The lowest BCUT2D eigenvalue weighted by Crippen LogP contribution is -2.58. The summed E-state index contributed by atoms with van der Waals surface area (Å²) in [6, 6.07) is -6.64. The van der Waals surface area contributed by atoms with Crippen LogP contribution >= 0.6 is 0 Å². The summed E-state index contributed by atoms with van der Waals surface area (Å²) < 4.78 is 0. The number of hydrogen-bond donors (Lipinski definition) is 9. The lowest BCUT2D eigenvalue weighted by Gasteiger charge is -2.23. The van der Waals surface area contributed by atoms with Gasteiger partial charge in [0.25, 0.3) is 0 Å². The fourth-order valence-electron chi connectivity index (χ4n) is 2.21. The van der Waals surface area contributed by atoms with Crippen LogP contribution in [0.15, 0.2) is 0 Å². The number of nitrogens with one attached hydrogen (secondary N) is 3. The van der Waals surface area contributed by atoms with Gasteiger partial charge in [-0.15, -0.1) is 0 Å². The first-order valence-corrected chi connectivity index (χ1v) is 9.00. The first-order valence-electron chi connectivity index (χ1n) is 9.00. The van der Waals surface area contributed by atoms with Gasteiger partial charge in [-0.2, -0.15) is 0 Å². The third-order valence-electron chi connectivity index (χ3n) is 3.85. The van der Waals surface area contributed by atoms with E-state index >= 15 is 0 Å². The minimum absolute atomic E-state index is 0.270. The van der Waals surface area contributed by atoms with Crippen LogP contribution in [0.2, 0.25) is 0 Å². The van der Waals surface area contributed by atoms with Crippen molar-refractivity contribution in [2.75, 3.05) is 6.61 Å². The highest BCUT2D eigenvalue weighted by Gasteiger charge is 2.31. The highest BCUT2D eigenvalue weighted by Crippen LogP contribution is 2.00. The van der Waals surface area contributed by atoms with Crippen LogP contribution in [0.5, 0.6) is 0 Å². The van der Waals surface area contributed by atoms with E-state index in [2.05, 4.69) is 0 Å². The number of carbonyl (C=O) groups is 7. The van der Waals surface area contributed by atoms with Gasteiger partial charge in [0.15, 0.2) is 0 Å². The van der Waals surface area contributed by atoms with Crippen molar-refractivity contribution in [3.8, 4) is 0 Å². The molecule has 16 heteroatoms. The Balaban J connectivity index is 5.27. The van der Waals surface area contributed by atoms with Gasteiger partial charge in [-0.1, -0.05) is 0 Å². The Bertz CT molecular complexity index is 757. The Hall–Kier alpha value is -3.79. The topological polar surface area (TPSA) is 289 Å². The number of aliphatic hydroxyl groups excluding tert-OH is 1. The number of rotatable bonds is 15. The third kappa shape index (κ3) is 10.8. The molecule has 11 N–H and O–H groups in total. The molecule has 0 spiro atoms. The molecule has 4 unspecified atom stereocenters. The second-order valence-corrected chi connectivity index (χ2v) is 6.51. The van der Waals surface area contributed by atoms with Crippen molar-refractivity contribution in [1.29, 1.82) is 0 Å². The van der Waals surface area contributed by atoms with E-state index in [-0.39, 0.29) is 6.42 Å². The van der Waals surface area contributed by atoms with Crippen molar-refractivity contribution in [2.45, 2.75) is 49.9 Å². The van der Waals surface area contributed by atoms with E-state index < -0.39 is 91.6 Å². The number of carbonyl (C=O) groups excluding carboxylic acids is 4. The lowest BCUT2D eigenvalue weighted by atomic mass is 10.1. The van der Waals surface area contributed by atoms with Gasteiger partial charge in [-0.3, -0.25) is 28.8 Å². The highest BCUT2D eigenvalue weighted by molar-refractivity contribution is 5.96. The quantitative estimate of drug-likeness (QED) is 0.110. The smallest absolute Gasteiger partial charge is 0.326 e. The van der Waals surface area contributed by atoms with E-state index in [4.69, 9.17) is 26.8 Å². The molecule has 0 aromatic heterocycles. The maximum Gasteiger partial charge on any atom is 0.326 e. The number of amides is 4.